The van der Waals surface area contributed by atoms with Crippen LogP contribution in [0.2, 0.25) is 0 Å². The summed E-state index contributed by atoms with van der Waals surface area (Å²) in [5, 5.41) is 3.32. The molecule has 0 amide bonds. The molecule has 1 rings (SSSR count). The summed E-state index contributed by atoms with van der Waals surface area (Å²) in [6.07, 6.45) is 1.95. The highest BCUT2D eigenvalue weighted by Crippen LogP contribution is 2.21. The highest BCUT2D eigenvalue weighted by molar-refractivity contribution is 5.37. The second kappa shape index (κ2) is 6.01. The number of rotatable bonds is 5. The zero-order valence-electron chi connectivity index (χ0n) is 11.6. The Labute approximate surface area is 105 Å². The predicted octanol–water partition coefficient (Wildman–Crippen LogP) is 3.07. The zero-order valence-corrected chi connectivity index (χ0v) is 11.6. The number of methoxy groups -OCH3 is 1. The molecule has 1 atom stereocenters. The van der Waals surface area contributed by atoms with Gasteiger partial charge in [-0.2, -0.15) is 0 Å². The summed E-state index contributed by atoms with van der Waals surface area (Å²) < 4.78 is 5.10. The van der Waals surface area contributed by atoms with Gasteiger partial charge in [-0.05, 0) is 23.0 Å². The maximum Gasteiger partial charge on any atom is 0.125 e. The van der Waals surface area contributed by atoms with E-state index in [1.165, 1.54) is 5.56 Å². The lowest BCUT2D eigenvalue weighted by atomic mass is 9.88. The van der Waals surface area contributed by atoms with E-state index in [2.05, 4.69) is 44.1 Å². The lowest BCUT2D eigenvalue weighted by Gasteiger charge is -2.19. The molecule has 0 aliphatic heterocycles. The first kappa shape index (κ1) is 14.0. The maximum absolute atomic E-state index is 5.10. The Kier molecular flexibility index (Phi) is 4.94. The molecule has 0 radical (unpaired) electrons. The van der Waals surface area contributed by atoms with E-state index in [1.807, 2.05) is 12.3 Å². The minimum atomic E-state index is 0.162. The fourth-order valence-electron chi connectivity index (χ4n) is 1.56. The first-order valence-electron chi connectivity index (χ1n) is 6.13. The van der Waals surface area contributed by atoms with Crippen molar-refractivity contribution in [1.29, 1.82) is 0 Å². The van der Waals surface area contributed by atoms with E-state index in [9.17, 15) is 0 Å². The van der Waals surface area contributed by atoms with Crippen molar-refractivity contribution >= 4 is 5.82 Å². The molecule has 0 aliphatic carbocycles. The molecule has 17 heavy (non-hydrogen) atoms. The Morgan fingerprint density at radius 2 is 2.06 bits per heavy atom. The van der Waals surface area contributed by atoms with Crippen molar-refractivity contribution in [2.75, 3.05) is 25.6 Å². The van der Waals surface area contributed by atoms with Gasteiger partial charge in [0, 0.05) is 19.9 Å². The van der Waals surface area contributed by atoms with Crippen LogP contribution in [0.1, 0.15) is 33.3 Å². The average Bonchev–Trinajstić information content (AvgIpc) is 2.26. The molecule has 1 aromatic rings. The Morgan fingerprint density at radius 3 is 2.53 bits per heavy atom. The Balaban J connectivity index is 2.51. The molecule has 1 N–H and O–H groups in total. The number of pyridine rings is 1. The fourth-order valence-corrected chi connectivity index (χ4v) is 1.56. The van der Waals surface area contributed by atoms with Gasteiger partial charge >= 0.3 is 0 Å². The van der Waals surface area contributed by atoms with E-state index < -0.39 is 0 Å². The number of nitrogens with one attached hydrogen (secondary N) is 1. The molecule has 1 unspecified atom stereocenters. The van der Waals surface area contributed by atoms with E-state index in [4.69, 9.17) is 4.74 Å². The van der Waals surface area contributed by atoms with Crippen LogP contribution >= 0.6 is 0 Å². The molecule has 0 saturated carbocycles. The standard InChI is InChI=1S/C14H24N2O/c1-11(10-17-5)8-15-13-7-6-12(9-16-13)14(2,3)4/h6-7,9,11H,8,10H2,1-5H3,(H,15,16). The SMILES string of the molecule is COCC(C)CNc1ccc(C(C)(C)C)cn1. The summed E-state index contributed by atoms with van der Waals surface area (Å²) in [5.74, 6) is 1.42. The van der Waals surface area contributed by atoms with Crippen molar-refractivity contribution in [2.24, 2.45) is 5.92 Å². The zero-order chi connectivity index (χ0) is 12.9. The second-order valence-electron chi connectivity index (χ2n) is 5.62. The van der Waals surface area contributed by atoms with Gasteiger partial charge in [0.1, 0.15) is 5.82 Å². The summed E-state index contributed by atoms with van der Waals surface area (Å²) in [6.45, 7) is 10.4. The monoisotopic (exact) mass is 236 g/mol. The van der Waals surface area contributed by atoms with Crippen molar-refractivity contribution < 1.29 is 4.74 Å². The van der Waals surface area contributed by atoms with Gasteiger partial charge in [0.05, 0.1) is 6.61 Å². The van der Waals surface area contributed by atoms with Gasteiger partial charge in [-0.25, -0.2) is 4.98 Å². The quantitative estimate of drug-likeness (QED) is 0.853. The molecule has 0 fully saturated rings. The molecule has 96 valence electrons. The molecule has 0 aliphatic rings. The van der Waals surface area contributed by atoms with Crippen molar-refractivity contribution in [2.45, 2.75) is 33.1 Å². The fraction of sp³-hybridized carbons (Fsp3) is 0.643. The smallest absolute Gasteiger partial charge is 0.125 e. The second-order valence-corrected chi connectivity index (χ2v) is 5.62. The summed E-state index contributed by atoms with van der Waals surface area (Å²) in [6, 6.07) is 4.18. The Bertz CT molecular complexity index is 327. The van der Waals surface area contributed by atoms with Crippen LogP contribution in [0.4, 0.5) is 5.82 Å². The first-order chi connectivity index (χ1) is 7.93. The summed E-state index contributed by atoms with van der Waals surface area (Å²) in [5.41, 5.74) is 1.42. The highest BCUT2D eigenvalue weighted by Gasteiger charge is 2.13. The molecular weight excluding hydrogens is 212 g/mol. The topological polar surface area (TPSA) is 34.1 Å². The van der Waals surface area contributed by atoms with Crippen LogP contribution in [0.5, 0.6) is 0 Å². The van der Waals surface area contributed by atoms with E-state index in [0.717, 1.165) is 19.0 Å². The third kappa shape index (κ3) is 4.73. The molecule has 0 saturated heterocycles. The molecule has 3 nitrogen and oxygen atoms in total. The van der Waals surface area contributed by atoms with Gasteiger partial charge < -0.3 is 10.1 Å². The summed E-state index contributed by atoms with van der Waals surface area (Å²) in [4.78, 5) is 4.43. The van der Waals surface area contributed by atoms with Gasteiger partial charge in [-0.1, -0.05) is 33.8 Å². The Hall–Kier alpha value is -1.09. The molecule has 1 heterocycles. The van der Waals surface area contributed by atoms with Crippen molar-refractivity contribution in [3.8, 4) is 0 Å². The van der Waals surface area contributed by atoms with E-state index >= 15 is 0 Å². The van der Waals surface area contributed by atoms with Gasteiger partial charge in [0.25, 0.3) is 0 Å². The maximum atomic E-state index is 5.10. The van der Waals surface area contributed by atoms with Crippen LogP contribution in [0.3, 0.4) is 0 Å². The van der Waals surface area contributed by atoms with E-state index in [-0.39, 0.29) is 5.41 Å². The van der Waals surface area contributed by atoms with Crippen molar-refractivity contribution in [1.82, 2.24) is 4.98 Å². The largest absolute Gasteiger partial charge is 0.384 e. The minimum Gasteiger partial charge on any atom is -0.384 e. The van der Waals surface area contributed by atoms with Gasteiger partial charge in [0.15, 0.2) is 0 Å². The molecule has 0 aromatic carbocycles. The normalized spacial score (nSPS) is 13.5. The van der Waals surface area contributed by atoms with Crippen LogP contribution in [0.25, 0.3) is 0 Å². The third-order valence-electron chi connectivity index (χ3n) is 2.71. The highest BCUT2D eigenvalue weighted by atomic mass is 16.5. The van der Waals surface area contributed by atoms with Gasteiger partial charge in [-0.15, -0.1) is 0 Å². The van der Waals surface area contributed by atoms with Crippen LogP contribution in [0.15, 0.2) is 18.3 Å². The third-order valence-corrected chi connectivity index (χ3v) is 2.71. The molecule has 0 bridgehead atoms. The Morgan fingerprint density at radius 1 is 1.35 bits per heavy atom. The number of hydrogen-bond acceptors (Lipinski definition) is 3. The molecule has 0 spiro atoms. The molecule has 3 heteroatoms. The van der Waals surface area contributed by atoms with Gasteiger partial charge in [0.2, 0.25) is 0 Å². The minimum absolute atomic E-state index is 0.162. The lowest BCUT2D eigenvalue weighted by Crippen LogP contribution is -2.17. The van der Waals surface area contributed by atoms with Crippen LogP contribution in [0, 0.1) is 5.92 Å². The summed E-state index contributed by atoms with van der Waals surface area (Å²) >= 11 is 0. The van der Waals surface area contributed by atoms with Crippen LogP contribution in [-0.4, -0.2) is 25.2 Å². The summed E-state index contributed by atoms with van der Waals surface area (Å²) in [7, 11) is 1.73. The number of anilines is 1. The number of hydrogen-bond donors (Lipinski definition) is 1. The van der Waals surface area contributed by atoms with Crippen molar-refractivity contribution in [3.05, 3.63) is 23.9 Å². The van der Waals surface area contributed by atoms with Crippen LogP contribution in [-0.2, 0) is 10.2 Å². The first-order valence-corrected chi connectivity index (χ1v) is 6.13. The van der Waals surface area contributed by atoms with Crippen molar-refractivity contribution in [3.63, 3.8) is 0 Å². The average molecular weight is 236 g/mol. The van der Waals surface area contributed by atoms with Gasteiger partial charge in [-0.3, -0.25) is 0 Å². The number of ether oxygens (including phenoxy) is 1. The number of nitrogens with zero attached hydrogens (tertiary/aromatic N) is 1. The molecular formula is C14H24N2O. The number of aromatic nitrogens is 1. The predicted molar refractivity (Wildman–Crippen MR) is 72.5 cm³/mol. The van der Waals surface area contributed by atoms with Crippen LogP contribution < -0.4 is 5.32 Å². The van der Waals surface area contributed by atoms with E-state index in [1.54, 1.807) is 7.11 Å². The molecule has 1 aromatic heterocycles. The van der Waals surface area contributed by atoms with E-state index in [0.29, 0.717) is 5.92 Å². The lowest BCUT2D eigenvalue weighted by molar-refractivity contribution is 0.164.